The molecule has 6 aromatic rings. The number of carbonyl (C=O) groups excluding carboxylic acids is 3. The van der Waals surface area contributed by atoms with Crippen LogP contribution < -0.4 is 16.2 Å². The van der Waals surface area contributed by atoms with Crippen molar-refractivity contribution < 1.29 is 27.9 Å². The van der Waals surface area contributed by atoms with Crippen LogP contribution in [0, 0.1) is 5.82 Å². The zero-order chi connectivity index (χ0) is 33.5. The van der Waals surface area contributed by atoms with Crippen LogP contribution in [0.4, 0.5) is 14.9 Å². The van der Waals surface area contributed by atoms with Crippen LogP contribution in [0.5, 0.6) is 0 Å². The van der Waals surface area contributed by atoms with Gasteiger partial charge in [-0.3, -0.25) is 24.3 Å². The number of Topliss-reactive ketones (excluding diaryl/α,β-unsaturated/α-hetero) is 1. The lowest BCUT2D eigenvalue weighted by Crippen LogP contribution is -2.45. The van der Waals surface area contributed by atoms with Crippen molar-refractivity contribution in [1.29, 1.82) is 0 Å². The molecule has 240 valence electrons. The molecule has 6 rings (SSSR count). The number of hydrogen-bond donors (Lipinski definition) is 2. The van der Waals surface area contributed by atoms with Crippen molar-refractivity contribution in [2.45, 2.75) is 25.6 Å². The number of fused-ring (bicyclic) bond motifs is 1. The number of oxazole rings is 1. The van der Waals surface area contributed by atoms with Crippen molar-refractivity contribution >= 4 is 34.6 Å². The van der Waals surface area contributed by atoms with Crippen LogP contribution in [-0.2, 0) is 29.1 Å². The third-order valence-electron chi connectivity index (χ3n) is 7.34. The van der Waals surface area contributed by atoms with Gasteiger partial charge in [-0.1, -0.05) is 72.8 Å². The van der Waals surface area contributed by atoms with E-state index in [2.05, 4.69) is 20.6 Å². The van der Waals surface area contributed by atoms with Crippen molar-refractivity contribution in [3.8, 4) is 11.4 Å². The molecule has 0 spiro atoms. The van der Waals surface area contributed by atoms with Gasteiger partial charge in [-0.25, -0.2) is 19.2 Å². The fraction of sp³-hybridized carbons (Fsp3) is 0.111. The first-order valence-corrected chi connectivity index (χ1v) is 14.9. The average Bonchev–Trinajstić information content (AvgIpc) is 3.54. The van der Waals surface area contributed by atoms with Crippen LogP contribution in [0.3, 0.4) is 0 Å². The monoisotopic (exact) mass is 645 g/mol. The molecule has 11 nitrogen and oxygen atoms in total. The Bertz CT molecular complexity index is 2100. The van der Waals surface area contributed by atoms with Gasteiger partial charge in [-0.05, 0) is 47.5 Å². The first-order chi connectivity index (χ1) is 23.3. The molecule has 48 heavy (non-hydrogen) atoms. The summed E-state index contributed by atoms with van der Waals surface area (Å²) >= 11 is 0. The summed E-state index contributed by atoms with van der Waals surface area (Å²) in [5, 5.41) is 5.11. The maximum Gasteiger partial charge on any atom is 0.412 e. The van der Waals surface area contributed by atoms with Gasteiger partial charge >= 0.3 is 6.09 Å². The van der Waals surface area contributed by atoms with Gasteiger partial charge in [-0.15, -0.1) is 0 Å². The minimum Gasteiger partial charge on any atom is -0.444 e. The summed E-state index contributed by atoms with van der Waals surface area (Å²) in [4.78, 5) is 62.2. The van der Waals surface area contributed by atoms with E-state index in [1.807, 2.05) is 36.4 Å². The van der Waals surface area contributed by atoms with Crippen LogP contribution in [0.25, 0.3) is 22.5 Å². The fourth-order valence-electron chi connectivity index (χ4n) is 4.99. The van der Waals surface area contributed by atoms with Crippen molar-refractivity contribution in [1.82, 2.24) is 19.9 Å². The summed E-state index contributed by atoms with van der Waals surface area (Å²) < 4.78 is 25.7. The lowest BCUT2D eigenvalue weighted by molar-refractivity contribution is -0.122. The minimum absolute atomic E-state index is 0.0308. The molecular weight excluding hydrogens is 617 g/mol. The quantitative estimate of drug-likeness (QED) is 0.175. The number of nitrogens with one attached hydrogen (secondary N) is 2. The Hall–Kier alpha value is -6.43. The Morgan fingerprint density at radius 3 is 2.23 bits per heavy atom. The van der Waals surface area contributed by atoms with E-state index in [-0.39, 0.29) is 30.4 Å². The summed E-state index contributed by atoms with van der Waals surface area (Å²) in [6, 6.07) is 29.0. The molecule has 12 heteroatoms. The molecule has 0 fully saturated rings. The van der Waals surface area contributed by atoms with Crippen LogP contribution in [0.2, 0.25) is 0 Å². The molecule has 4 aromatic carbocycles. The second-order valence-electron chi connectivity index (χ2n) is 10.7. The third-order valence-corrected chi connectivity index (χ3v) is 7.34. The van der Waals surface area contributed by atoms with E-state index in [0.29, 0.717) is 16.7 Å². The zero-order valence-corrected chi connectivity index (χ0v) is 25.3. The van der Waals surface area contributed by atoms with E-state index in [1.54, 1.807) is 48.5 Å². The molecule has 0 saturated heterocycles. The SMILES string of the molecule is O=C(Cn1c(-c2ccc(F)cc2)ncc(NC(=O)OCc2ccccc2)c1=O)NC(Cc1ccccc1)C(=O)c1nc2ccccc2o1. The number of halogens is 1. The highest BCUT2D eigenvalue weighted by molar-refractivity contribution is 6.00. The van der Waals surface area contributed by atoms with Gasteiger partial charge in [0.2, 0.25) is 11.7 Å². The Morgan fingerprint density at radius 1 is 0.854 bits per heavy atom. The molecule has 2 amide bonds. The zero-order valence-electron chi connectivity index (χ0n) is 25.3. The van der Waals surface area contributed by atoms with E-state index in [9.17, 15) is 23.6 Å². The average molecular weight is 646 g/mol. The summed E-state index contributed by atoms with van der Waals surface area (Å²) in [6.45, 7) is -0.638. The Kier molecular flexibility index (Phi) is 9.42. The molecule has 2 N–H and O–H groups in total. The molecule has 0 aliphatic rings. The highest BCUT2D eigenvalue weighted by Crippen LogP contribution is 2.19. The smallest absolute Gasteiger partial charge is 0.412 e. The Balaban J connectivity index is 1.27. The first-order valence-electron chi connectivity index (χ1n) is 14.9. The number of carbonyl (C=O) groups is 3. The lowest BCUT2D eigenvalue weighted by atomic mass is 10.0. The molecular formula is C36H28FN5O6. The molecule has 0 saturated carbocycles. The Labute approximate surface area is 273 Å². The highest BCUT2D eigenvalue weighted by atomic mass is 19.1. The van der Waals surface area contributed by atoms with Gasteiger partial charge in [-0.2, -0.15) is 0 Å². The number of rotatable bonds is 11. The number of para-hydroxylation sites is 2. The fourth-order valence-corrected chi connectivity index (χ4v) is 4.99. The normalized spacial score (nSPS) is 11.5. The van der Waals surface area contributed by atoms with Crippen LogP contribution >= 0.6 is 0 Å². The lowest BCUT2D eigenvalue weighted by Gasteiger charge is -2.18. The largest absolute Gasteiger partial charge is 0.444 e. The molecule has 0 aliphatic carbocycles. The predicted molar refractivity (Wildman–Crippen MR) is 175 cm³/mol. The van der Waals surface area contributed by atoms with E-state index in [4.69, 9.17) is 9.15 Å². The molecule has 2 aromatic heterocycles. The second-order valence-corrected chi connectivity index (χ2v) is 10.7. The molecule has 1 unspecified atom stereocenters. The number of nitrogens with zero attached hydrogens (tertiary/aromatic N) is 3. The maximum atomic E-state index is 13.7. The van der Waals surface area contributed by atoms with Gasteiger partial charge in [0, 0.05) is 12.0 Å². The van der Waals surface area contributed by atoms with Gasteiger partial charge in [0.15, 0.2) is 5.58 Å². The number of anilines is 1. The van der Waals surface area contributed by atoms with Crippen molar-refractivity contribution in [3.63, 3.8) is 0 Å². The van der Waals surface area contributed by atoms with Crippen molar-refractivity contribution in [2.75, 3.05) is 5.32 Å². The number of ether oxygens (including phenoxy) is 1. The summed E-state index contributed by atoms with van der Waals surface area (Å²) in [5.74, 6) is -1.93. The number of benzene rings is 4. The Morgan fingerprint density at radius 2 is 1.52 bits per heavy atom. The number of amides is 2. The van der Waals surface area contributed by atoms with Crippen LogP contribution in [-0.4, -0.2) is 38.4 Å². The minimum atomic E-state index is -1.11. The summed E-state index contributed by atoms with van der Waals surface area (Å²) in [7, 11) is 0. The number of hydrogen-bond acceptors (Lipinski definition) is 8. The van der Waals surface area contributed by atoms with Gasteiger partial charge in [0.05, 0.1) is 6.20 Å². The molecule has 0 bridgehead atoms. The second kappa shape index (κ2) is 14.3. The summed E-state index contributed by atoms with van der Waals surface area (Å²) in [5.41, 5.74) is 1.71. The van der Waals surface area contributed by atoms with E-state index in [1.165, 1.54) is 24.3 Å². The van der Waals surface area contributed by atoms with E-state index in [0.717, 1.165) is 21.9 Å². The van der Waals surface area contributed by atoms with Gasteiger partial charge in [0.1, 0.15) is 42.0 Å². The van der Waals surface area contributed by atoms with Crippen molar-refractivity contribution in [3.05, 3.63) is 149 Å². The molecule has 1 atom stereocenters. The van der Waals surface area contributed by atoms with Gasteiger partial charge < -0.3 is 14.5 Å². The number of aromatic nitrogens is 3. The third kappa shape index (κ3) is 7.50. The maximum absolute atomic E-state index is 13.7. The van der Waals surface area contributed by atoms with Gasteiger partial charge in [0.25, 0.3) is 11.4 Å². The molecule has 2 heterocycles. The van der Waals surface area contributed by atoms with E-state index >= 15 is 0 Å². The predicted octanol–water partition coefficient (Wildman–Crippen LogP) is 5.55. The van der Waals surface area contributed by atoms with Crippen LogP contribution in [0.15, 0.2) is 125 Å². The van der Waals surface area contributed by atoms with Crippen molar-refractivity contribution in [2.24, 2.45) is 0 Å². The number of ketones is 1. The summed E-state index contributed by atoms with van der Waals surface area (Å²) in [6.07, 6.45) is 0.334. The first kappa shape index (κ1) is 31.5. The van der Waals surface area contributed by atoms with Crippen LogP contribution in [0.1, 0.15) is 21.8 Å². The van der Waals surface area contributed by atoms with E-state index < -0.39 is 41.7 Å². The molecule has 0 radical (unpaired) electrons. The molecule has 0 aliphatic heterocycles. The standard InChI is InChI=1S/C36H28FN5O6/c37-26-17-15-25(16-18-26)33-38-20-29(41-36(46)47-22-24-11-5-2-6-12-24)35(45)42(33)21-31(43)39-28(19-23-9-3-1-4-10-23)32(44)34-40-27-13-7-8-14-30(27)48-34/h1-18,20,28H,19,21-22H2,(H,39,43)(H,41,46). The topological polar surface area (TPSA) is 145 Å². The highest BCUT2D eigenvalue weighted by Gasteiger charge is 2.28.